The lowest BCUT2D eigenvalue weighted by Crippen LogP contribution is -2.23. The van der Waals surface area contributed by atoms with Crippen molar-refractivity contribution in [3.63, 3.8) is 0 Å². The third-order valence-electron chi connectivity index (χ3n) is 4.14. The van der Waals surface area contributed by atoms with Crippen LogP contribution in [0.5, 0.6) is 5.75 Å². The van der Waals surface area contributed by atoms with Gasteiger partial charge in [0.05, 0.1) is 12.6 Å². The first-order valence-corrected chi connectivity index (χ1v) is 9.84. The average Bonchev–Trinajstić information content (AvgIpc) is 2.72. The van der Waals surface area contributed by atoms with E-state index in [1.54, 1.807) is 7.11 Å². The zero-order chi connectivity index (χ0) is 20.6. The summed E-state index contributed by atoms with van der Waals surface area (Å²) in [6, 6.07) is 13.6. The lowest BCUT2D eigenvalue weighted by molar-refractivity contribution is 0.194. The monoisotopic (exact) mass is 456 g/mol. The van der Waals surface area contributed by atoms with E-state index in [1.807, 2.05) is 54.6 Å². The van der Waals surface area contributed by atoms with E-state index in [-0.39, 0.29) is 0 Å². The van der Waals surface area contributed by atoms with Crippen molar-refractivity contribution in [3.8, 4) is 5.75 Å². The molecule has 1 aromatic heterocycles. The molecule has 1 amide bonds. The van der Waals surface area contributed by atoms with Crippen molar-refractivity contribution in [3.05, 3.63) is 58.3 Å². The highest BCUT2D eigenvalue weighted by molar-refractivity contribution is 9.10. The Labute approximate surface area is 177 Å². The first-order chi connectivity index (χ1) is 14.0. The summed E-state index contributed by atoms with van der Waals surface area (Å²) in [6.45, 7) is 0.958. The van der Waals surface area contributed by atoms with E-state index >= 15 is 0 Å². The summed E-state index contributed by atoms with van der Waals surface area (Å²) in [7, 11) is 1.64. The van der Waals surface area contributed by atoms with Gasteiger partial charge in [-0.2, -0.15) is 0 Å². The van der Waals surface area contributed by atoms with Crippen molar-refractivity contribution >= 4 is 50.9 Å². The molecule has 0 saturated carbocycles. The van der Waals surface area contributed by atoms with Crippen molar-refractivity contribution in [2.24, 2.45) is 0 Å². The molecule has 0 atom stereocenters. The number of hydrogen-bond donors (Lipinski definition) is 3. The van der Waals surface area contributed by atoms with Gasteiger partial charge in [0.1, 0.15) is 11.6 Å². The largest absolute Gasteiger partial charge is 0.497 e. The predicted octanol–water partition coefficient (Wildman–Crippen LogP) is 4.64. The van der Waals surface area contributed by atoms with E-state index in [0.717, 1.165) is 26.7 Å². The van der Waals surface area contributed by atoms with Gasteiger partial charge in [-0.25, -0.2) is 14.8 Å². The van der Waals surface area contributed by atoms with Gasteiger partial charge in [0, 0.05) is 22.9 Å². The number of fused-ring (bicyclic) bond motifs is 1. The number of nitrogens with one attached hydrogen (secondary N) is 2. The van der Waals surface area contributed by atoms with Crippen molar-refractivity contribution in [1.82, 2.24) is 15.3 Å². The molecular formula is C21H21BrN4O3. The molecule has 3 rings (SSSR count). The molecule has 8 heteroatoms. The fourth-order valence-electron chi connectivity index (χ4n) is 2.70. The van der Waals surface area contributed by atoms with Gasteiger partial charge in [0.15, 0.2) is 5.82 Å². The highest BCUT2D eigenvalue weighted by Gasteiger charge is 2.07. The van der Waals surface area contributed by atoms with Gasteiger partial charge in [-0.15, -0.1) is 0 Å². The molecule has 0 aliphatic carbocycles. The predicted molar refractivity (Wildman–Crippen MR) is 118 cm³/mol. The molecule has 0 aliphatic rings. The van der Waals surface area contributed by atoms with Crippen LogP contribution in [0.3, 0.4) is 0 Å². The van der Waals surface area contributed by atoms with Gasteiger partial charge < -0.3 is 20.5 Å². The maximum absolute atomic E-state index is 10.5. The summed E-state index contributed by atoms with van der Waals surface area (Å²) in [6.07, 6.45) is 3.43. The van der Waals surface area contributed by atoms with Crippen LogP contribution in [0.25, 0.3) is 23.1 Å². The summed E-state index contributed by atoms with van der Waals surface area (Å²) in [5.74, 6) is 2.10. The van der Waals surface area contributed by atoms with Gasteiger partial charge in [-0.3, -0.25) is 0 Å². The van der Waals surface area contributed by atoms with Crippen LogP contribution >= 0.6 is 15.9 Å². The fraction of sp³-hybridized carbons (Fsp3) is 0.190. The Morgan fingerprint density at radius 2 is 1.93 bits per heavy atom. The van der Waals surface area contributed by atoms with Gasteiger partial charge in [-0.05, 0) is 48.4 Å². The van der Waals surface area contributed by atoms with E-state index in [2.05, 4.69) is 36.5 Å². The summed E-state index contributed by atoms with van der Waals surface area (Å²) in [4.78, 5) is 19.8. The second-order valence-corrected chi connectivity index (χ2v) is 7.13. The quantitative estimate of drug-likeness (QED) is 0.427. The zero-order valence-electron chi connectivity index (χ0n) is 15.9. The van der Waals surface area contributed by atoms with Crippen molar-refractivity contribution in [2.45, 2.75) is 6.42 Å². The second kappa shape index (κ2) is 9.88. The van der Waals surface area contributed by atoms with Crippen LogP contribution in [0, 0.1) is 0 Å². The average molecular weight is 457 g/mol. The van der Waals surface area contributed by atoms with E-state index in [9.17, 15) is 4.79 Å². The number of amides is 1. The summed E-state index contributed by atoms with van der Waals surface area (Å²) in [5, 5.41) is 15.2. The molecule has 3 N–H and O–H groups in total. The molecular weight excluding hydrogens is 436 g/mol. The molecule has 29 heavy (non-hydrogen) atoms. The van der Waals surface area contributed by atoms with Gasteiger partial charge in [0.2, 0.25) is 0 Å². The Hall–Kier alpha value is -3.13. The number of nitrogens with zero attached hydrogens (tertiary/aromatic N) is 2. The number of methoxy groups -OCH3 is 1. The van der Waals surface area contributed by atoms with Crippen molar-refractivity contribution in [2.75, 3.05) is 25.5 Å². The Balaban J connectivity index is 1.80. The van der Waals surface area contributed by atoms with Gasteiger partial charge in [-0.1, -0.05) is 34.1 Å². The van der Waals surface area contributed by atoms with Crippen molar-refractivity contribution < 1.29 is 14.6 Å². The van der Waals surface area contributed by atoms with Crippen LogP contribution in [0.2, 0.25) is 0 Å². The number of carboxylic acid groups (broad SMARTS) is 1. The summed E-state index contributed by atoms with van der Waals surface area (Å²) >= 11 is 3.48. The molecule has 0 saturated heterocycles. The third-order valence-corrected chi connectivity index (χ3v) is 4.63. The Morgan fingerprint density at radius 1 is 1.14 bits per heavy atom. The van der Waals surface area contributed by atoms with E-state index in [4.69, 9.17) is 9.84 Å². The van der Waals surface area contributed by atoms with E-state index < -0.39 is 6.09 Å². The van der Waals surface area contributed by atoms with Crippen LogP contribution in [-0.2, 0) is 0 Å². The molecule has 0 unspecified atom stereocenters. The molecule has 3 aromatic rings. The molecule has 2 aromatic carbocycles. The smallest absolute Gasteiger partial charge is 0.404 e. The number of ether oxygens (including phenoxy) is 1. The zero-order valence-corrected chi connectivity index (χ0v) is 17.4. The molecule has 0 fully saturated rings. The van der Waals surface area contributed by atoms with E-state index in [1.165, 1.54) is 0 Å². The number of halogens is 1. The highest BCUT2D eigenvalue weighted by atomic mass is 79.9. The first kappa shape index (κ1) is 20.6. The normalized spacial score (nSPS) is 11.0. The minimum absolute atomic E-state index is 0.374. The standard InChI is InChI=1S/C21H21BrN4O3/c1-29-16-7-3-14(4-8-16)5-10-19-25-18-9-6-15(22)13-17(18)20(26-19)23-11-2-12-24-21(27)28/h3-10,13,24H,2,11-12H2,1H3,(H,27,28)(H,23,25,26)/b10-5+. The molecule has 150 valence electrons. The maximum Gasteiger partial charge on any atom is 0.404 e. The van der Waals surface area contributed by atoms with E-state index in [0.29, 0.717) is 31.2 Å². The Morgan fingerprint density at radius 3 is 2.66 bits per heavy atom. The van der Waals surface area contributed by atoms with Crippen LogP contribution in [0.4, 0.5) is 10.6 Å². The Kier molecular flexibility index (Phi) is 7.02. The molecule has 7 nitrogen and oxygen atoms in total. The lowest BCUT2D eigenvalue weighted by Gasteiger charge is -2.10. The van der Waals surface area contributed by atoms with Crippen molar-refractivity contribution in [1.29, 1.82) is 0 Å². The molecule has 1 heterocycles. The number of anilines is 1. The molecule has 0 aliphatic heterocycles. The minimum atomic E-state index is -1.02. The van der Waals surface area contributed by atoms with Crippen LogP contribution in [0.15, 0.2) is 46.9 Å². The number of benzene rings is 2. The summed E-state index contributed by atoms with van der Waals surface area (Å²) in [5.41, 5.74) is 1.84. The SMILES string of the molecule is COc1ccc(/C=C/c2nc(NCCCNC(=O)O)c3cc(Br)ccc3n2)cc1. The number of hydrogen-bond acceptors (Lipinski definition) is 5. The fourth-order valence-corrected chi connectivity index (χ4v) is 3.07. The number of aromatic nitrogens is 2. The first-order valence-electron chi connectivity index (χ1n) is 9.05. The molecule has 0 radical (unpaired) electrons. The number of rotatable bonds is 8. The molecule has 0 bridgehead atoms. The minimum Gasteiger partial charge on any atom is -0.497 e. The van der Waals surface area contributed by atoms with Crippen LogP contribution < -0.4 is 15.4 Å². The van der Waals surface area contributed by atoms with Crippen LogP contribution in [-0.4, -0.2) is 41.4 Å². The highest BCUT2D eigenvalue weighted by Crippen LogP contribution is 2.25. The Bertz CT molecular complexity index is 1020. The van der Waals surface area contributed by atoms with Crippen LogP contribution in [0.1, 0.15) is 17.8 Å². The number of carbonyl (C=O) groups is 1. The third kappa shape index (κ3) is 5.92. The maximum atomic E-state index is 10.5. The summed E-state index contributed by atoms with van der Waals surface area (Å²) < 4.78 is 6.11. The molecule has 0 spiro atoms. The second-order valence-electron chi connectivity index (χ2n) is 6.21. The van der Waals surface area contributed by atoms with Gasteiger partial charge in [0.25, 0.3) is 0 Å². The lowest BCUT2D eigenvalue weighted by atomic mass is 10.2. The van der Waals surface area contributed by atoms with Gasteiger partial charge >= 0.3 is 6.09 Å². The topological polar surface area (TPSA) is 96.4 Å².